The number of amides is 2. The first kappa shape index (κ1) is 14.7. The Balaban J connectivity index is 1.76. The summed E-state index contributed by atoms with van der Waals surface area (Å²) in [5.74, 6) is 2.22. The molecule has 1 aliphatic rings. The second-order valence-corrected chi connectivity index (χ2v) is 7.00. The SMILES string of the molecule is C[C@@](O)(CNC(=O)NC1CCSCC1)c1ccsc1. The molecular weight excluding hydrogens is 280 g/mol. The third-order valence-corrected chi connectivity index (χ3v) is 5.02. The van der Waals surface area contributed by atoms with Crippen molar-refractivity contribution in [3.8, 4) is 0 Å². The smallest absolute Gasteiger partial charge is 0.315 e. The van der Waals surface area contributed by atoms with E-state index in [1.165, 1.54) is 11.3 Å². The van der Waals surface area contributed by atoms with E-state index in [4.69, 9.17) is 0 Å². The molecule has 19 heavy (non-hydrogen) atoms. The van der Waals surface area contributed by atoms with Gasteiger partial charge < -0.3 is 15.7 Å². The molecule has 0 unspecified atom stereocenters. The highest BCUT2D eigenvalue weighted by molar-refractivity contribution is 7.99. The van der Waals surface area contributed by atoms with Gasteiger partial charge in [0.05, 0.1) is 6.54 Å². The van der Waals surface area contributed by atoms with Crippen LogP contribution in [0, 0.1) is 0 Å². The predicted molar refractivity (Wildman–Crippen MR) is 80.8 cm³/mol. The van der Waals surface area contributed by atoms with Gasteiger partial charge in [-0.3, -0.25) is 0 Å². The summed E-state index contributed by atoms with van der Waals surface area (Å²) in [6.07, 6.45) is 2.05. The average molecular weight is 300 g/mol. The Morgan fingerprint density at radius 2 is 2.26 bits per heavy atom. The molecule has 0 radical (unpaired) electrons. The fourth-order valence-electron chi connectivity index (χ4n) is 2.00. The highest BCUT2D eigenvalue weighted by Gasteiger charge is 2.24. The van der Waals surface area contributed by atoms with Crippen molar-refractivity contribution in [3.63, 3.8) is 0 Å². The van der Waals surface area contributed by atoms with Crippen LogP contribution in [-0.4, -0.2) is 35.2 Å². The van der Waals surface area contributed by atoms with Gasteiger partial charge in [0.25, 0.3) is 0 Å². The summed E-state index contributed by atoms with van der Waals surface area (Å²) in [7, 11) is 0. The molecule has 2 heterocycles. The number of urea groups is 1. The van der Waals surface area contributed by atoms with Crippen molar-refractivity contribution >= 4 is 29.1 Å². The Hall–Kier alpha value is -0.720. The standard InChI is InChI=1S/C13H20N2O2S2/c1-13(17,10-2-5-19-8-10)9-14-12(16)15-11-3-6-18-7-4-11/h2,5,8,11,17H,3-4,6-7,9H2,1H3,(H2,14,15,16)/t13-/m1/s1. The maximum atomic E-state index is 11.8. The van der Waals surface area contributed by atoms with E-state index in [2.05, 4.69) is 10.6 Å². The van der Waals surface area contributed by atoms with Crippen LogP contribution < -0.4 is 10.6 Å². The van der Waals surface area contributed by atoms with Crippen LogP contribution in [-0.2, 0) is 5.60 Å². The number of thioether (sulfide) groups is 1. The molecule has 1 saturated heterocycles. The Morgan fingerprint density at radius 3 is 2.89 bits per heavy atom. The quantitative estimate of drug-likeness (QED) is 0.798. The molecule has 0 spiro atoms. The number of nitrogens with one attached hydrogen (secondary N) is 2. The lowest BCUT2D eigenvalue weighted by Crippen LogP contribution is -2.47. The van der Waals surface area contributed by atoms with Crippen molar-refractivity contribution in [1.82, 2.24) is 10.6 Å². The minimum atomic E-state index is -1.01. The lowest BCUT2D eigenvalue weighted by atomic mass is 9.99. The zero-order valence-corrected chi connectivity index (χ0v) is 12.6. The van der Waals surface area contributed by atoms with Crippen molar-refractivity contribution in [3.05, 3.63) is 22.4 Å². The van der Waals surface area contributed by atoms with E-state index in [0.29, 0.717) is 0 Å². The van der Waals surface area contributed by atoms with E-state index in [1.54, 1.807) is 6.92 Å². The largest absolute Gasteiger partial charge is 0.384 e. The molecule has 2 amide bonds. The molecule has 3 N–H and O–H groups in total. The first-order valence-electron chi connectivity index (χ1n) is 6.45. The molecule has 0 bridgehead atoms. The molecule has 6 heteroatoms. The van der Waals surface area contributed by atoms with Crippen LogP contribution >= 0.6 is 23.1 Å². The van der Waals surface area contributed by atoms with Gasteiger partial charge in [0.15, 0.2) is 0 Å². The number of hydrogen-bond acceptors (Lipinski definition) is 4. The summed E-state index contributed by atoms with van der Waals surface area (Å²) in [6.45, 7) is 1.93. The first-order chi connectivity index (χ1) is 9.08. The Labute approximate surface area is 122 Å². The fraction of sp³-hybridized carbons (Fsp3) is 0.615. The third kappa shape index (κ3) is 4.40. The molecule has 2 rings (SSSR count). The van der Waals surface area contributed by atoms with E-state index in [-0.39, 0.29) is 18.6 Å². The van der Waals surface area contributed by atoms with Crippen molar-refractivity contribution in [2.24, 2.45) is 0 Å². The second-order valence-electron chi connectivity index (χ2n) is 5.00. The maximum absolute atomic E-state index is 11.8. The van der Waals surface area contributed by atoms with Crippen LogP contribution in [0.2, 0.25) is 0 Å². The second kappa shape index (κ2) is 6.63. The molecule has 1 aliphatic heterocycles. The molecule has 0 saturated carbocycles. The van der Waals surface area contributed by atoms with Crippen LogP contribution in [0.4, 0.5) is 4.79 Å². The summed E-state index contributed by atoms with van der Waals surface area (Å²) in [5.41, 5.74) is -0.174. The topological polar surface area (TPSA) is 61.4 Å². The number of carbonyl (C=O) groups excluding carboxylic acids is 1. The van der Waals surface area contributed by atoms with Gasteiger partial charge in [0.1, 0.15) is 5.60 Å². The average Bonchev–Trinajstić information content (AvgIpc) is 2.92. The van der Waals surface area contributed by atoms with Gasteiger partial charge in [-0.15, -0.1) is 0 Å². The van der Waals surface area contributed by atoms with Gasteiger partial charge in [-0.05, 0) is 53.7 Å². The molecule has 1 aromatic heterocycles. The first-order valence-corrected chi connectivity index (χ1v) is 8.55. The molecule has 1 fully saturated rings. The van der Waals surface area contributed by atoms with Crippen LogP contribution in [0.5, 0.6) is 0 Å². The summed E-state index contributed by atoms with van der Waals surface area (Å²) in [4.78, 5) is 11.8. The number of carbonyl (C=O) groups is 1. The van der Waals surface area contributed by atoms with Crippen LogP contribution in [0.25, 0.3) is 0 Å². The van der Waals surface area contributed by atoms with Gasteiger partial charge in [0.2, 0.25) is 0 Å². The van der Waals surface area contributed by atoms with E-state index < -0.39 is 5.60 Å². The monoisotopic (exact) mass is 300 g/mol. The highest BCUT2D eigenvalue weighted by Crippen LogP contribution is 2.22. The third-order valence-electron chi connectivity index (χ3n) is 3.29. The van der Waals surface area contributed by atoms with Crippen molar-refractivity contribution in [2.75, 3.05) is 18.1 Å². The number of aliphatic hydroxyl groups is 1. The van der Waals surface area contributed by atoms with Gasteiger partial charge in [-0.1, -0.05) is 0 Å². The molecule has 1 aromatic rings. The summed E-state index contributed by atoms with van der Waals surface area (Å²) < 4.78 is 0. The fourth-order valence-corrected chi connectivity index (χ4v) is 3.89. The molecule has 0 aliphatic carbocycles. The van der Waals surface area contributed by atoms with Crippen molar-refractivity contribution in [2.45, 2.75) is 31.4 Å². The normalized spacial score (nSPS) is 19.7. The Morgan fingerprint density at radius 1 is 1.53 bits per heavy atom. The van der Waals surface area contributed by atoms with Gasteiger partial charge in [-0.2, -0.15) is 23.1 Å². The van der Waals surface area contributed by atoms with Crippen LogP contribution in [0.3, 0.4) is 0 Å². The lowest BCUT2D eigenvalue weighted by Gasteiger charge is -2.25. The van der Waals surface area contributed by atoms with Gasteiger partial charge in [0, 0.05) is 6.04 Å². The van der Waals surface area contributed by atoms with Crippen molar-refractivity contribution < 1.29 is 9.90 Å². The highest BCUT2D eigenvalue weighted by atomic mass is 32.2. The minimum Gasteiger partial charge on any atom is -0.384 e. The minimum absolute atomic E-state index is 0.188. The molecule has 4 nitrogen and oxygen atoms in total. The van der Waals surface area contributed by atoms with E-state index >= 15 is 0 Å². The molecular formula is C13H20N2O2S2. The summed E-state index contributed by atoms with van der Waals surface area (Å²) in [6, 6.07) is 1.96. The maximum Gasteiger partial charge on any atom is 0.315 e. The number of thiophene rings is 1. The Kier molecular flexibility index (Phi) is 5.13. The molecule has 0 aromatic carbocycles. The van der Waals surface area contributed by atoms with E-state index in [0.717, 1.165) is 29.9 Å². The zero-order valence-electron chi connectivity index (χ0n) is 11.0. The summed E-state index contributed by atoms with van der Waals surface area (Å²) in [5, 5.41) is 19.8. The van der Waals surface area contributed by atoms with Gasteiger partial charge >= 0.3 is 6.03 Å². The van der Waals surface area contributed by atoms with Gasteiger partial charge in [-0.25, -0.2) is 4.79 Å². The number of rotatable bonds is 4. The summed E-state index contributed by atoms with van der Waals surface area (Å²) >= 11 is 3.47. The van der Waals surface area contributed by atoms with Crippen LogP contribution in [0.15, 0.2) is 16.8 Å². The van der Waals surface area contributed by atoms with E-state index in [9.17, 15) is 9.90 Å². The van der Waals surface area contributed by atoms with E-state index in [1.807, 2.05) is 28.6 Å². The Bertz CT molecular complexity index is 401. The molecule has 1 atom stereocenters. The lowest BCUT2D eigenvalue weighted by molar-refractivity contribution is 0.0597. The zero-order chi connectivity index (χ0) is 13.7. The predicted octanol–water partition coefficient (Wildman–Crippen LogP) is 2.15. The van der Waals surface area contributed by atoms with Crippen molar-refractivity contribution in [1.29, 1.82) is 0 Å². The van der Waals surface area contributed by atoms with Crippen LogP contribution in [0.1, 0.15) is 25.3 Å². The number of hydrogen-bond donors (Lipinski definition) is 3. The molecule has 106 valence electrons.